The highest BCUT2D eigenvalue weighted by Crippen LogP contribution is 2.44. The number of rotatable bonds is 4. The number of carbonyl (C=O) groups is 1. The summed E-state index contributed by atoms with van der Waals surface area (Å²) in [7, 11) is 1.70. The molecule has 26 heavy (non-hydrogen) atoms. The molecule has 5 heteroatoms. The summed E-state index contributed by atoms with van der Waals surface area (Å²) in [5.41, 5.74) is 4.59. The summed E-state index contributed by atoms with van der Waals surface area (Å²) >= 11 is 0. The highest BCUT2D eigenvalue weighted by molar-refractivity contribution is 6.08. The fraction of sp³-hybridized carbons (Fsp3) is 0.524. The van der Waals surface area contributed by atoms with Crippen molar-refractivity contribution < 1.29 is 14.3 Å². The lowest BCUT2D eigenvalue weighted by Gasteiger charge is -2.47. The Morgan fingerprint density at radius 2 is 2.15 bits per heavy atom. The molecule has 2 fully saturated rings. The number of nitrogens with zero attached hydrogens (tertiary/aromatic N) is 1. The van der Waals surface area contributed by atoms with Crippen molar-refractivity contribution in [3.8, 4) is 0 Å². The number of hydrogen-bond donors (Lipinski definition) is 1. The first-order valence-electron chi connectivity index (χ1n) is 9.30. The summed E-state index contributed by atoms with van der Waals surface area (Å²) in [6, 6.07) is 6.19. The molecule has 0 bridgehead atoms. The first-order chi connectivity index (χ1) is 12.5. The maximum Gasteiger partial charge on any atom is 0.252 e. The van der Waals surface area contributed by atoms with Crippen LogP contribution in [0.15, 0.2) is 18.2 Å². The average molecular weight is 354 g/mol. The molecule has 2 heterocycles. The smallest absolute Gasteiger partial charge is 0.252 e. The molecule has 1 aliphatic heterocycles. The number of pyridine rings is 1. The Morgan fingerprint density at radius 3 is 2.92 bits per heavy atom. The van der Waals surface area contributed by atoms with Crippen LogP contribution < -0.4 is 5.32 Å². The van der Waals surface area contributed by atoms with Gasteiger partial charge in [0.15, 0.2) is 0 Å². The van der Waals surface area contributed by atoms with Crippen molar-refractivity contribution in [3.63, 3.8) is 0 Å². The van der Waals surface area contributed by atoms with E-state index in [9.17, 15) is 4.79 Å². The first kappa shape index (κ1) is 17.4. The van der Waals surface area contributed by atoms with Gasteiger partial charge in [-0.25, -0.2) is 0 Å². The molecule has 2 aliphatic rings. The molecule has 1 saturated carbocycles. The van der Waals surface area contributed by atoms with Crippen LogP contribution in [-0.4, -0.2) is 43.4 Å². The minimum absolute atomic E-state index is 0.0138. The predicted octanol–water partition coefficient (Wildman–Crippen LogP) is 2.94. The lowest BCUT2D eigenvalue weighted by Crippen LogP contribution is -2.62. The monoisotopic (exact) mass is 354 g/mol. The van der Waals surface area contributed by atoms with E-state index in [0.717, 1.165) is 46.3 Å². The number of nitrogens with one attached hydrogen (secondary N) is 1. The van der Waals surface area contributed by atoms with Gasteiger partial charge in [-0.05, 0) is 44.9 Å². The minimum Gasteiger partial charge on any atom is -0.384 e. The van der Waals surface area contributed by atoms with Gasteiger partial charge in [0, 0.05) is 42.7 Å². The molecule has 5 nitrogen and oxygen atoms in total. The molecule has 1 amide bonds. The second-order valence-electron chi connectivity index (χ2n) is 7.62. The van der Waals surface area contributed by atoms with E-state index in [4.69, 9.17) is 9.47 Å². The Hall–Kier alpha value is -1.98. The van der Waals surface area contributed by atoms with Crippen LogP contribution in [0.25, 0.3) is 10.9 Å². The Balaban J connectivity index is 1.68. The van der Waals surface area contributed by atoms with Crippen molar-refractivity contribution in [1.29, 1.82) is 0 Å². The van der Waals surface area contributed by atoms with Gasteiger partial charge in [-0.1, -0.05) is 11.6 Å². The highest BCUT2D eigenvalue weighted by atomic mass is 16.5. The van der Waals surface area contributed by atoms with Crippen molar-refractivity contribution >= 4 is 16.8 Å². The molecule has 1 aliphatic carbocycles. The number of ether oxygens (including phenoxy) is 2. The fourth-order valence-corrected chi connectivity index (χ4v) is 4.55. The first-order valence-corrected chi connectivity index (χ1v) is 9.30. The van der Waals surface area contributed by atoms with Crippen molar-refractivity contribution in [1.82, 2.24) is 10.3 Å². The Bertz CT molecular complexity index is 864. The van der Waals surface area contributed by atoms with Gasteiger partial charge in [-0.2, -0.15) is 0 Å². The van der Waals surface area contributed by atoms with Gasteiger partial charge in [0.1, 0.15) is 0 Å². The van der Waals surface area contributed by atoms with Crippen LogP contribution >= 0.6 is 0 Å². The number of fused-ring (bicyclic) bond motifs is 2. The molecule has 0 unspecified atom stereocenters. The Kier molecular flexibility index (Phi) is 4.45. The van der Waals surface area contributed by atoms with E-state index in [2.05, 4.69) is 16.4 Å². The molecule has 2 aromatic rings. The number of aryl methyl sites for hydroxylation is 2. The SMILES string of the molecule is COC[C@@H]1[C@H](NC(=O)c2c(C)c(C)nc3ccc(C)cc23)[C@@H]2CCO[C@H]12. The van der Waals surface area contributed by atoms with Gasteiger partial charge in [0.05, 0.1) is 23.8 Å². The molecule has 0 spiro atoms. The third-order valence-corrected chi connectivity index (χ3v) is 6.04. The molecule has 1 N–H and O–H groups in total. The van der Waals surface area contributed by atoms with Crippen LogP contribution in [0.3, 0.4) is 0 Å². The Labute approximate surface area is 154 Å². The van der Waals surface area contributed by atoms with Crippen LogP contribution in [0.5, 0.6) is 0 Å². The lowest BCUT2D eigenvalue weighted by molar-refractivity contribution is -0.0809. The second-order valence-corrected chi connectivity index (χ2v) is 7.62. The molecule has 0 radical (unpaired) electrons. The van der Waals surface area contributed by atoms with Crippen LogP contribution in [0, 0.1) is 32.6 Å². The molecule has 1 aromatic heterocycles. The number of aromatic nitrogens is 1. The third kappa shape index (κ3) is 2.70. The van der Waals surface area contributed by atoms with Gasteiger partial charge in [0.2, 0.25) is 0 Å². The lowest BCUT2D eigenvalue weighted by atomic mass is 9.67. The quantitative estimate of drug-likeness (QED) is 0.917. The summed E-state index contributed by atoms with van der Waals surface area (Å²) in [5.74, 6) is 0.614. The number of methoxy groups -OCH3 is 1. The molecule has 1 saturated heterocycles. The maximum atomic E-state index is 13.3. The van der Waals surface area contributed by atoms with Gasteiger partial charge < -0.3 is 14.8 Å². The summed E-state index contributed by atoms with van der Waals surface area (Å²) in [6.07, 6.45) is 1.23. The molecule has 4 atom stereocenters. The van der Waals surface area contributed by atoms with Gasteiger partial charge in [0.25, 0.3) is 5.91 Å². The number of carbonyl (C=O) groups excluding carboxylic acids is 1. The van der Waals surface area contributed by atoms with Crippen LogP contribution in [0.4, 0.5) is 0 Å². The summed E-state index contributed by atoms with van der Waals surface area (Å²) < 4.78 is 11.2. The predicted molar refractivity (Wildman–Crippen MR) is 100 cm³/mol. The zero-order valence-electron chi connectivity index (χ0n) is 15.8. The molecule has 1 aromatic carbocycles. The second kappa shape index (κ2) is 6.63. The van der Waals surface area contributed by atoms with Gasteiger partial charge in [-0.15, -0.1) is 0 Å². The van der Waals surface area contributed by atoms with E-state index in [-0.39, 0.29) is 24.0 Å². The Morgan fingerprint density at radius 1 is 1.35 bits per heavy atom. The minimum atomic E-state index is -0.0138. The van der Waals surface area contributed by atoms with Crippen molar-refractivity contribution in [2.75, 3.05) is 20.3 Å². The van der Waals surface area contributed by atoms with Crippen molar-refractivity contribution in [2.45, 2.75) is 39.3 Å². The average Bonchev–Trinajstić information content (AvgIpc) is 3.03. The zero-order chi connectivity index (χ0) is 18.4. The number of amides is 1. The van der Waals surface area contributed by atoms with Crippen LogP contribution in [0.2, 0.25) is 0 Å². The molecular formula is C21H26N2O3. The number of hydrogen-bond acceptors (Lipinski definition) is 4. The van der Waals surface area contributed by atoms with Crippen molar-refractivity contribution in [2.24, 2.45) is 11.8 Å². The van der Waals surface area contributed by atoms with E-state index >= 15 is 0 Å². The topological polar surface area (TPSA) is 60.5 Å². The third-order valence-electron chi connectivity index (χ3n) is 6.04. The van der Waals surface area contributed by atoms with Gasteiger partial charge >= 0.3 is 0 Å². The summed E-state index contributed by atoms with van der Waals surface area (Å²) in [4.78, 5) is 17.9. The molecule has 4 rings (SSSR count). The van der Waals surface area contributed by atoms with E-state index in [1.54, 1.807) is 7.11 Å². The van der Waals surface area contributed by atoms with E-state index in [1.807, 2.05) is 32.9 Å². The highest BCUT2D eigenvalue weighted by Gasteiger charge is 2.54. The zero-order valence-corrected chi connectivity index (χ0v) is 15.8. The van der Waals surface area contributed by atoms with Crippen LogP contribution in [0.1, 0.15) is 33.6 Å². The van der Waals surface area contributed by atoms with E-state index in [0.29, 0.717) is 12.5 Å². The summed E-state index contributed by atoms with van der Waals surface area (Å²) in [5, 5.41) is 4.22. The van der Waals surface area contributed by atoms with Crippen LogP contribution in [-0.2, 0) is 9.47 Å². The van der Waals surface area contributed by atoms with Gasteiger partial charge in [-0.3, -0.25) is 9.78 Å². The standard InChI is InChI=1S/C21H26N2O3/c1-11-5-6-17-15(9-11)18(12(2)13(3)22-17)21(24)23-19-14-7-8-26-20(14)16(19)10-25-4/h5-6,9,14,16,19-20H,7-8,10H2,1-4H3,(H,23,24)/t14-,16+,19+,20-/m0/s1. The van der Waals surface area contributed by atoms with E-state index < -0.39 is 0 Å². The normalized spacial score (nSPS) is 27.2. The number of benzene rings is 1. The largest absolute Gasteiger partial charge is 0.384 e. The molecular weight excluding hydrogens is 328 g/mol. The summed E-state index contributed by atoms with van der Waals surface area (Å²) in [6.45, 7) is 7.37. The van der Waals surface area contributed by atoms with Crippen molar-refractivity contribution in [3.05, 3.63) is 40.6 Å². The van der Waals surface area contributed by atoms with E-state index in [1.165, 1.54) is 0 Å². The fourth-order valence-electron chi connectivity index (χ4n) is 4.55. The maximum absolute atomic E-state index is 13.3. The molecule has 138 valence electrons.